The first kappa shape index (κ1) is 22.7. The van der Waals surface area contributed by atoms with Crippen LogP contribution in [0.25, 0.3) is 17.1 Å². The highest BCUT2D eigenvalue weighted by Crippen LogP contribution is 2.29. The molecular formula is C25H33N4O2S+. The summed E-state index contributed by atoms with van der Waals surface area (Å²) in [5.74, 6) is 2.37. The Morgan fingerprint density at radius 3 is 2.62 bits per heavy atom. The smallest absolute Gasteiger partial charge is 0.207 e. The van der Waals surface area contributed by atoms with E-state index in [0.717, 1.165) is 48.8 Å². The summed E-state index contributed by atoms with van der Waals surface area (Å²) in [6, 6.07) is 16.4. The van der Waals surface area contributed by atoms with Gasteiger partial charge in [-0.15, -0.1) is 5.10 Å². The van der Waals surface area contributed by atoms with E-state index in [1.807, 2.05) is 28.9 Å². The summed E-state index contributed by atoms with van der Waals surface area (Å²) in [6.07, 6.45) is 2.22. The van der Waals surface area contributed by atoms with E-state index in [4.69, 9.17) is 22.1 Å². The lowest BCUT2D eigenvalue weighted by atomic mass is 10.00. The van der Waals surface area contributed by atoms with E-state index < -0.39 is 0 Å². The van der Waals surface area contributed by atoms with E-state index >= 15 is 0 Å². The zero-order valence-electron chi connectivity index (χ0n) is 19.1. The molecule has 0 spiro atoms. The van der Waals surface area contributed by atoms with Gasteiger partial charge in [0.2, 0.25) is 4.77 Å². The fraction of sp³-hybridized carbons (Fsp3) is 0.440. The second-order valence-corrected chi connectivity index (χ2v) is 9.30. The number of aliphatic hydroxyl groups is 1. The Morgan fingerprint density at radius 2 is 1.94 bits per heavy atom. The minimum Gasteiger partial charge on any atom is -0.497 e. The number of likely N-dealkylation sites (tertiary alicyclic amines) is 1. The molecule has 2 N–H and O–H groups in total. The van der Waals surface area contributed by atoms with Crippen molar-refractivity contribution in [3.05, 3.63) is 58.9 Å². The number of ether oxygens (including phenoxy) is 1. The predicted molar refractivity (Wildman–Crippen MR) is 129 cm³/mol. The summed E-state index contributed by atoms with van der Waals surface area (Å²) in [7, 11) is 1.67. The van der Waals surface area contributed by atoms with Gasteiger partial charge < -0.3 is 14.7 Å². The zero-order chi connectivity index (χ0) is 22.7. The molecule has 1 aliphatic heterocycles. The molecule has 0 saturated carbocycles. The van der Waals surface area contributed by atoms with Crippen molar-refractivity contribution in [3.63, 3.8) is 0 Å². The monoisotopic (exact) mass is 453 g/mol. The Morgan fingerprint density at radius 1 is 1.19 bits per heavy atom. The van der Waals surface area contributed by atoms with Crippen LogP contribution in [0.1, 0.15) is 38.2 Å². The molecule has 1 fully saturated rings. The van der Waals surface area contributed by atoms with Crippen LogP contribution in [0.2, 0.25) is 0 Å². The van der Waals surface area contributed by atoms with Crippen molar-refractivity contribution < 1.29 is 14.7 Å². The second kappa shape index (κ2) is 9.98. The minimum atomic E-state index is 0.252. The van der Waals surface area contributed by atoms with Gasteiger partial charge in [0.15, 0.2) is 12.5 Å². The van der Waals surface area contributed by atoms with Gasteiger partial charge in [0, 0.05) is 11.5 Å². The first-order chi connectivity index (χ1) is 15.5. The quantitative estimate of drug-likeness (QED) is 0.538. The third-order valence-electron chi connectivity index (χ3n) is 6.34. The van der Waals surface area contributed by atoms with Crippen LogP contribution < -0.4 is 9.64 Å². The number of benzene rings is 2. The molecule has 0 aliphatic carbocycles. The molecule has 6 nitrogen and oxygen atoms in total. The Hall–Kier alpha value is -2.48. The summed E-state index contributed by atoms with van der Waals surface area (Å²) in [5.41, 5.74) is 3.31. The van der Waals surface area contributed by atoms with Gasteiger partial charge in [0.05, 0.1) is 32.5 Å². The number of hydrogen-bond donors (Lipinski definition) is 2. The van der Waals surface area contributed by atoms with Crippen molar-refractivity contribution in [1.29, 1.82) is 0 Å². The summed E-state index contributed by atoms with van der Waals surface area (Å²) in [6.45, 7) is 7.38. The van der Waals surface area contributed by atoms with E-state index in [0.29, 0.717) is 23.3 Å². The number of aliphatic hydroxyl groups excluding tert-OH is 1. The van der Waals surface area contributed by atoms with Crippen LogP contribution in [0.15, 0.2) is 48.5 Å². The number of methoxy groups -OCH3 is 1. The Labute approximate surface area is 195 Å². The van der Waals surface area contributed by atoms with Crippen LogP contribution >= 0.6 is 12.2 Å². The maximum absolute atomic E-state index is 9.63. The molecule has 2 atom stereocenters. The number of nitrogens with zero attached hydrogens (tertiary/aromatic N) is 3. The lowest BCUT2D eigenvalue weighted by molar-refractivity contribution is -0.931. The molecular weight excluding hydrogens is 420 g/mol. The second-order valence-electron chi connectivity index (χ2n) is 8.94. The molecule has 170 valence electrons. The number of piperidine rings is 1. The first-order valence-electron chi connectivity index (χ1n) is 11.4. The Balaban J connectivity index is 1.81. The fourth-order valence-corrected chi connectivity index (χ4v) is 4.89. The molecule has 4 rings (SSSR count). The van der Waals surface area contributed by atoms with Gasteiger partial charge in [-0.25, -0.2) is 0 Å². The maximum Gasteiger partial charge on any atom is 0.207 e. The molecule has 2 aromatic carbocycles. The number of nitrogens with one attached hydrogen (secondary N) is 1. The third-order valence-corrected chi connectivity index (χ3v) is 6.73. The molecule has 1 aromatic heterocycles. The van der Waals surface area contributed by atoms with Gasteiger partial charge in [-0.05, 0) is 66.9 Å². The standard InChI is InChI=1S/C25H32N4O2S/c1-18(2)22-8-4-5-9-23(22)29-24(20-10-12-21(31-3)13-11-20)26-28(25(29)32)17-27-14-6-7-19(15-27)16-30/h4-5,8-13,18-19,30H,6-7,14-17H2,1-3H3/p+1/t19-/m1/s1. The van der Waals surface area contributed by atoms with E-state index in [9.17, 15) is 5.11 Å². The molecule has 1 aliphatic rings. The van der Waals surface area contributed by atoms with E-state index in [2.05, 4.69) is 42.7 Å². The molecule has 3 aromatic rings. The van der Waals surface area contributed by atoms with Gasteiger partial charge in [0.25, 0.3) is 0 Å². The average Bonchev–Trinajstić information content (AvgIpc) is 3.14. The van der Waals surface area contributed by atoms with Gasteiger partial charge in [0.1, 0.15) is 5.75 Å². The average molecular weight is 454 g/mol. The van der Waals surface area contributed by atoms with Crippen LogP contribution in [0.4, 0.5) is 0 Å². The normalized spacial score (nSPS) is 18.8. The number of hydrogen-bond acceptors (Lipinski definition) is 4. The van der Waals surface area contributed by atoms with Crippen molar-refractivity contribution in [2.45, 2.75) is 39.3 Å². The molecule has 32 heavy (non-hydrogen) atoms. The number of para-hydroxylation sites is 1. The topological polar surface area (TPSA) is 56.6 Å². The predicted octanol–water partition coefficient (Wildman–Crippen LogP) is 3.45. The van der Waals surface area contributed by atoms with Crippen molar-refractivity contribution in [2.75, 3.05) is 26.8 Å². The third kappa shape index (κ3) is 4.65. The molecule has 0 radical (unpaired) electrons. The van der Waals surface area contributed by atoms with E-state index in [-0.39, 0.29) is 6.61 Å². The lowest BCUT2D eigenvalue weighted by Gasteiger charge is -2.28. The molecule has 2 heterocycles. The van der Waals surface area contributed by atoms with Crippen LogP contribution in [0, 0.1) is 10.7 Å². The van der Waals surface area contributed by atoms with Crippen LogP contribution in [-0.2, 0) is 6.67 Å². The minimum absolute atomic E-state index is 0.252. The lowest BCUT2D eigenvalue weighted by Crippen LogP contribution is -3.13. The van der Waals surface area contributed by atoms with Gasteiger partial charge in [-0.3, -0.25) is 4.57 Å². The summed E-state index contributed by atoms with van der Waals surface area (Å²) in [5, 5.41) is 14.6. The van der Waals surface area contributed by atoms with E-state index in [1.165, 1.54) is 10.5 Å². The molecule has 0 bridgehead atoms. The van der Waals surface area contributed by atoms with Gasteiger partial charge in [-0.1, -0.05) is 32.0 Å². The molecule has 0 amide bonds. The van der Waals surface area contributed by atoms with Crippen molar-refractivity contribution in [2.24, 2.45) is 5.92 Å². The van der Waals surface area contributed by atoms with Crippen LogP contribution in [-0.4, -0.2) is 46.3 Å². The Kier molecular flexibility index (Phi) is 7.08. The zero-order valence-corrected chi connectivity index (χ0v) is 19.9. The summed E-state index contributed by atoms with van der Waals surface area (Å²) < 4.78 is 10.1. The number of rotatable bonds is 7. The van der Waals surface area contributed by atoms with Crippen molar-refractivity contribution in [3.8, 4) is 22.8 Å². The summed E-state index contributed by atoms with van der Waals surface area (Å²) >= 11 is 5.99. The molecule has 1 saturated heterocycles. The largest absolute Gasteiger partial charge is 0.497 e. The SMILES string of the molecule is COc1ccc(-c2nn(C[NH+]3CCC[C@@H](CO)C3)c(=S)n2-c2ccccc2C(C)C)cc1. The highest BCUT2D eigenvalue weighted by Gasteiger charge is 2.25. The van der Waals surface area contributed by atoms with Gasteiger partial charge in [-0.2, -0.15) is 4.68 Å². The van der Waals surface area contributed by atoms with Crippen LogP contribution in [0.5, 0.6) is 5.75 Å². The highest BCUT2D eigenvalue weighted by atomic mass is 32.1. The fourth-order valence-electron chi connectivity index (χ4n) is 4.60. The first-order valence-corrected chi connectivity index (χ1v) is 11.8. The maximum atomic E-state index is 9.63. The van der Waals surface area contributed by atoms with Crippen LogP contribution in [0.3, 0.4) is 0 Å². The molecule has 1 unspecified atom stereocenters. The number of aromatic nitrogens is 3. The molecule has 7 heteroatoms. The highest BCUT2D eigenvalue weighted by molar-refractivity contribution is 7.71. The van der Waals surface area contributed by atoms with Crippen molar-refractivity contribution >= 4 is 12.2 Å². The Bertz CT molecular complexity index is 1100. The van der Waals surface area contributed by atoms with E-state index in [1.54, 1.807) is 7.11 Å². The summed E-state index contributed by atoms with van der Waals surface area (Å²) in [4.78, 5) is 1.41. The van der Waals surface area contributed by atoms with Crippen molar-refractivity contribution in [1.82, 2.24) is 14.3 Å². The number of quaternary nitrogens is 1. The van der Waals surface area contributed by atoms with Gasteiger partial charge >= 0.3 is 0 Å².